The third-order valence-electron chi connectivity index (χ3n) is 3.88. The van der Waals surface area contributed by atoms with E-state index in [-0.39, 0.29) is 11.6 Å². The van der Waals surface area contributed by atoms with E-state index in [1.54, 1.807) is 17.0 Å². The van der Waals surface area contributed by atoms with E-state index in [1.165, 1.54) is 12.8 Å². The fourth-order valence-electron chi connectivity index (χ4n) is 2.70. The SMILES string of the molecule is CCCn1ccnc(NCC2CCCCC2N)c1=O. The van der Waals surface area contributed by atoms with Crippen molar-refractivity contribution in [3.05, 3.63) is 22.7 Å². The third kappa shape index (κ3) is 3.56. The van der Waals surface area contributed by atoms with Crippen molar-refractivity contribution in [2.75, 3.05) is 11.9 Å². The van der Waals surface area contributed by atoms with Gasteiger partial charge in [-0.25, -0.2) is 4.98 Å². The molecule has 0 radical (unpaired) electrons. The molecule has 0 amide bonds. The zero-order valence-electron chi connectivity index (χ0n) is 11.6. The van der Waals surface area contributed by atoms with Crippen molar-refractivity contribution in [2.24, 2.45) is 11.7 Å². The molecule has 106 valence electrons. The summed E-state index contributed by atoms with van der Waals surface area (Å²) in [6, 6.07) is 0.253. The van der Waals surface area contributed by atoms with Gasteiger partial charge in [-0.05, 0) is 25.2 Å². The van der Waals surface area contributed by atoms with Crippen molar-refractivity contribution >= 4 is 5.82 Å². The second kappa shape index (κ2) is 6.70. The average molecular weight is 264 g/mol. The topological polar surface area (TPSA) is 72.9 Å². The number of aryl methyl sites for hydroxylation is 1. The summed E-state index contributed by atoms with van der Waals surface area (Å²) in [5, 5.41) is 3.19. The quantitative estimate of drug-likeness (QED) is 0.847. The summed E-state index contributed by atoms with van der Waals surface area (Å²) >= 11 is 0. The molecule has 3 N–H and O–H groups in total. The molecule has 1 aromatic rings. The van der Waals surface area contributed by atoms with Gasteiger partial charge in [-0.1, -0.05) is 19.8 Å². The van der Waals surface area contributed by atoms with Crippen LogP contribution in [0.3, 0.4) is 0 Å². The molecule has 5 nitrogen and oxygen atoms in total. The van der Waals surface area contributed by atoms with Gasteiger partial charge in [0.15, 0.2) is 5.82 Å². The fourth-order valence-corrected chi connectivity index (χ4v) is 2.70. The van der Waals surface area contributed by atoms with E-state index in [4.69, 9.17) is 5.73 Å². The minimum atomic E-state index is -0.0336. The molecule has 5 heteroatoms. The Balaban J connectivity index is 1.99. The molecule has 1 fully saturated rings. The van der Waals surface area contributed by atoms with Gasteiger partial charge in [0.25, 0.3) is 5.56 Å². The van der Waals surface area contributed by atoms with E-state index in [0.29, 0.717) is 11.7 Å². The van der Waals surface area contributed by atoms with E-state index in [1.807, 2.05) is 0 Å². The highest BCUT2D eigenvalue weighted by atomic mass is 16.1. The zero-order chi connectivity index (χ0) is 13.7. The minimum absolute atomic E-state index is 0.0336. The average Bonchev–Trinajstić information content (AvgIpc) is 2.42. The summed E-state index contributed by atoms with van der Waals surface area (Å²) in [5.41, 5.74) is 6.08. The zero-order valence-corrected chi connectivity index (χ0v) is 11.6. The summed E-state index contributed by atoms with van der Waals surface area (Å²) in [6.07, 6.45) is 9.06. The maximum Gasteiger partial charge on any atom is 0.293 e. The molecule has 0 aliphatic heterocycles. The van der Waals surface area contributed by atoms with Gasteiger partial charge in [0.1, 0.15) is 0 Å². The predicted molar refractivity (Wildman–Crippen MR) is 77.2 cm³/mol. The highest BCUT2D eigenvalue weighted by Crippen LogP contribution is 2.22. The Kier molecular flexibility index (Phi) is 4.96. The Morgan fingerprint density at radius 2 is 2.26 bits per heavy atom. The maximum atomic E-state index is 12.1. The maximum absolute atomic E-state index is 12.1. The van der Waals surface area contributed by atoms with Gasteiger partial charge in [-0.2, -0.15) is 0 Å². The van der Waals surface area contributed by atoms with Gasteiger partial charge in [0.05, 0.1) is 0 Å². The van der Waals surface area contributed by atoms with Gasteiger partial charge in [-0.3, -0.25) is 4.79 Å². The summed E-state index contributed by atoms with van der Waals surface area (Å²) in [6.45, 7) is 3.54. The minimum Gasteiger partial charge on any atom is -0.365 e. The molecule has 0 bridgehead atoms. The lowest BCUT2D eigenvalue weighted by Gasteiger charge is -2.28. The first kappa shape index (κ1) is 14.1. The molecular formula is C14H24N4O. The lowest BCUT2D eigenvalue weighted by molar-refractivity contribution is 0.321. The van der Waals surface area contributed by atoms with Crippen LogP contribution >= 0.6 is 0 Å². The van der Waals surface area contributed by atoms with E-state index >= 15 is 0 Å². The van der Waals surface area contributed by atoms with Gasteiger partial charge in [0.2, 0.25) is 0 Å². The Bertz CT molecular complexity index is 457. The number of aromatic nitrogens is 2. The second-order valence-electron chi connectivity index (χ2n) is 5.36. The van der Waals surface area contributed by atoms with Crippen LogP contribution in [-0.4, -0.2) is 22.1 Å². The van der Waals surface area contributed by atoms with Crippen LogP contribution in [0.5, 0.6) is 0 Å². The first-order chi connectivity index (χ1) is 9.22. The first-order valence-corrected chi connectivity index (χ1v) is 7.27. The Morgan fingerprint density at radius 3 is 3.00 bits per heavy atom. The number of nitrogens with zero attached hydrogens (tertiary/aromatic N) is 2. The standard InChI is InChI=1S/C14H24N4O/c1-2-8-18-9-7-16-13(14(18)19)17-10-11-5-3-4-6-12(11)15/h7,9,11-12H,2-6,8,10,15H2,1H3,(H,16,17). The molecule has 0 spiro atoms. The summed E-state index contributed by atoms with van der Waals surface area (Å²) in [7, 11) is 0. The molecule has 0 saturated heterocycles. The molecule has 2 atom stereocenters. The summed E-state index contributed by atoms with van der Waals surface area (Å²) in [5.74, 6) is 0.906. The van der Waals surface area contributed by atoms with Crippen molar-refractivity contribution in [1.29, 1.82) is 0 Å². The van der Waals surface area contributed by atoms with Crippen LogP contribution < -0.4 is 16.6 Å². The third-order valence-corrected chi connectivity index (χ3v) is 3.88. The van der Waals surface area contributed by atoms with Gasteiger partial charge >= 0.3 is 0 Å². The molecule has 2 unspecified atom stereocenters. The number of rotatable bonds is 5. The Labute approximate surface area is 114 Å². The van der Waals surface area contributed by atoms with E-state index in [2.05, 4.69) is 17.2 Å². The normalized spacial score (nSPS) is 23.3. The molecule has 1 heterocycles. The lowest BCUT2D eigenvalue weighted by Crippen LogP contribution is -2.38. The van der Waals surface area contributed by atoms with Crippen molar-refractivity contribution in [3.8, 4) is 0 Å². The van der Waals surface area contributed by atoms with Crippen molar-refractivity contribution < 1.29 is 0 Å². The van der Waals surface area contributed by atoms with E-state index < -0.39 is 0 Å². The molecular weight excluding hydrogens is 240 g/mol. The largest absolute Gasteiger partial charge is 0.365 e. The van der Waals surface area contributed by atoms with Crippen LogP contribution in [0.4, 0.5) is 5.82 Å². The van der Waals surface area contributed by atoms with Crippen molar-refractivity contribution in [1.82, 2.24) is 9.55 Å². The van der Waals surface area contributed by atoms with Gasteiger partial charge in [0, 0.05) is 31.5 Å². The molecule has 2 rings (SSSR count). The van der Waals surface area contributed by atoms with Crippen LogP contribution in [0.1, 0.15) is 39.0 Å². The highest BCUT2D eigenvalue weighted by molar-refractivity contribution is 5.30. The Morgan fingerprint density at radius 1 is 1.47 bits per heavy atom. The smallest absolute Gasteiger partial charge is 0.293 e. The first-order valence-electron chi connectivity index (χ1n) is 7.27. The molecule has 1 aliphatic carbocycles. The van der Waals surface area contributed by atoms with Crippen LogP contribution in [0.15, 0.2) is 17.2 Å². The molecule has 1 saturated carbocycles. The number of nitrogens with one attached hydrogen (secondary N) is 1. The van der Waals surface area contributed by atoms with E-state index in [9.17, 15) is 4.79 Å². The number of hydrogen-bond acceptors (Lipinski definition) is 4. The van der Waals surface area contributed by atoms with Crippen molar-refractivity contribution in [3.63, 3.8) is 0 Å². The van der Waals surface area contributed by atoms with Gasteiger partial charge in [-0.15, -0.1) is 0 Å². The molecule has 1 aliphatic rings. The van der Waals surface area contributed by atoms with Crippen molar-refractivity contribution in [2.45, 2.75) is 51.6 Å². The lowest BCUT2D eigenvalue weighted by atomic mass is 9.85. The molecule has 1 aromatic heterocycles. The molecule has 19 heavy (non-hydrogen) atoms. The van der Waals surface area contributed by atoms with Gasteiger partial charge < -0.3 is 15.6 Å². The highest BCUT2D eigenvalue weighted by Gasteiger charge is 2.21. The summed E-state index contributed by atoms with van der Waals surface area (Å²) < 4.78 is 1.70. The predicted octanol–water partition coefficient (Wildman–Crippen LogP) is 1.58. The van der Waals surface area contributed by atoms with Crippen LogP contribution in [-0.2, 0) is 6.54 Å². The Hall–Kier alpha value is -1.36. The number of anilines is 1. The van der Waals surface area contributed by atoms with Crippen LogP contribution in [0.25, 0.3) is 0 Å². The second-order valence-corrected chi connectivity index (χ2v) is 5.36. The monoisotopic (exact) mass is 264 g/mol. The van der Waals surface area contributed by atoms with Crippen LogP contribution in [0, 0.1) is 5.92 Å². The number of nitrogens with two attached hydrogens (primary N) is 1. The fraction of sp³-hybridized carbons (Fsp3) is 0.714. The summed E-state index contributed by atoms with van der Waals surface area (Å²) in [4.78, 5) is 16.3. The van der Waals surface area contributed by atoms with Crippen LogP contribution in [0.2, 0.25) is 0 Å². The van der Waals surface area contributed by atoms with E-state index in [0.717, 1.165) is 32.4 Å². The number of hydrogen-bond donors (Lipinski definition) is 2. The molecule has 0 aromatic carbocycles.